The molecule has 0 aromatic carbocycles. The lowest BCUT2D eigenvalue weighted by molar-refractivity contribution is 0.158. The first-order chi connectivity index (χ1) is 8.73. The fraction of sp³-hybridized carbons (Fsp3) is 1.00. The van der Waals surface area contributed by atoms with E-state index in [2.05, 4.69) is 44.8 Å². The van der Waals surface area contributed by atoms with Crippen LogP contribution in [0.15, 0.2) is 0 Å². The Morgan fingerprint density at radius 2 is 1.61 bits per heavy atom. The summed E-state index contributed by atoms with van der Waals surface area (Å²) in [6.45, 7) is 16.3. The number of nitrogens with zero attached hydrogens (tertiary/aromatic N) is 1. The Labute approximate surface area is 116 Å². The van der Waals surface area contributed by atoms with E-state index in [1.54, 1.807) is 0 Å². The Hall–Kier alpha value is -0.0800. The molecule has 1 N–H and O–H groups in total. The van der Waals surface area contributed by atoms with Gasteiger partial charge in [0.05, 0.1) is 0 Å². The van der Waals surface area contributed by atoms with Crippen molar-refractivity contribution in [1.29, 1.82) is 0 Å². The maximum absolute atomic E-state index is 3.60. The van der Waals surface area contributed by atoms with Crippen LogP contribution in [0.1, 0.15) is 66.7 Å². The summed E-state index contributed by atoms with van der Waals surface area (Å²) in [6, 6.07) is 0.729. The van der Waals surface area contributed by atoms with E-state index in [1.807, 2.05) is 0 Å². The standard InChI is InChI=1S/C16H36N2/c1-6-11-16(13-17-12-7-2)18(10-5)14-15(8-3)9-4/h15-17H,6-14H2,1-5H3. The molecule has 0 spiro atoms. The first kappa shape index (κ1) is 17.9. The number of likely N-dealkylation sites (N-methyl/N-ethyl adjacent to an activating group) is 1. The lowest BCUT2D eigenvalue weighted by Crippen LogP contribution is -2.44. The number of hydrogen-bond donors (Lipinski definition) is 1. The van der Waals surface area contributed by atoms with Crippen molar-refractivity contribution in [3.63, 3.8) is 0 Å². The molecule has 0 bridgehead atoms. The summed E-state index contributed by atoms with van der Waals surface area (Å²) < 4.78 is 0. The first-order valence-electron chi connectivity index (χ1n) is 8.17. The van der Waals surface area contributed by atoms with Crippen LogP contribution in [0.5, 0.6) is 0 Å². The van der Waals surface area contributed by atoms with E-state index in [1.165, 1.54) is 45.2 Å². The van der Waals surface area contributed by atoms with Crippen molar-refractivity contribution in [3.8, 4) is 0 Å². The molecule has 0 aliphatic rings. The van der Waals surface area contributed by atoms with Crippen molar-refractivity contribution in [3.05, 3.63) is 0 Å². The summed E-state index contributed by atoms with van der Waals surface area (Å²) in [6.07, 6.45) is 6.47. The van der Waals surface area contributed by atoms with Gasteiger partial charge in [0.15, 0.2) is 0 Å². The van der Waals surface area contributed by atoms with Crippen LogP contribution < -0.4 is 5.32 Å². The van der Waals surface area contributed by atoms with Crippen LogP contribution in [-0.2, 0) is 0 Å². The molecule has 0 rings (SSSR count). The molecule has 110 valence electrons. The second-order valence-corrected chi connectivity index (χ2v) is 5.42. The lowest BCUT2D eigenvalue weighted by atomic mass is 10.0. The van der Waals surface area contributed by atoms with Crippen molar-refractivity contribution >= 4 is 0 Å². The van der Waals surface area contributed by atoms with Crippen LogP contribution in [0, 0.1) is 5.92 Å². The molecule has 0 aliphatic heterocycles. The third-order valence-corrected chi connectivity index (χ3v) is 4.00. The van der Waals surface area contributed by atoms with Crippen molar-refractivity contribution in [1.82, 2.24) is 10.2 Å². The molecule has 0 heterocycles. The number of hydrogen-bond acceptors (Lipinski definition) is 2. The van der Waals surface area contributed by atoms with Crippen LogP contribution >= 0.6 is 0 Å². The molecule has 0 saturated heterocycles. The summed E-state index contributed by atoms with van der Waals surface area (Å²) in [5, 5.41) is 3.60. The Kier molecular flexibility index (Phi) is 11.9. The molecule has 0 aromatic heterocycles. The van der Waals surface area contributed by atoms with E-state index in [0.29, 0.717) is 0 Å². The van der Waals surface area contributed by atoms with E-state index < -0.39 is 0 Å². The summed E-state index contributed by atoms with van der Waals surface area (Å²) in [4.78, 5) is 2.70. The van der Waals surface area contributed by atoms with Crippen LogP contribution in [0.3, 0.4) is 0 Å². The van der Waals surface area contributed by atoms with E-state index in [0.717, 1.165) is 25.0 Å². The molecule has 1 atom stereocenters. The molecule has 0 aromatic rings. The molecule has 0 fully saturated rings. The van der Waals surface area contributed by atoms with Crippen LogP contribution in [-0.4, -0.2) is 37.1 Å². The van der Waals surface area contributed by atoms with Gasteiger partial charge in [0.1, 0.15) is 0 Å². The monoisotopic (exact) mass is 256 g/mol. The summed E-state index contributed by atoms with van der Waals surface area (Å²) in [7, 11) is 0. The fourth-order valence-electron chi connectivity index (χ4n) is 2.61. The summed E-state index contributed by atoms with van der Waals surface area (Å²) in [5.74, 6) is 0.871. The zero-order valence-electron chi connectivity index (χ0n) is 13.5. The third-order valence-electron chi connectivity index (χ3n) is 4.00. The smallest absolute Gasteiger partial charge is 0.0220 e. The normalized spacial score (nSPS) is 13.5. The molecular formula is C16H36N2. The van der Waals surface area contributed by atoms with Crippen molar-refractivity contribution in [2.24, 2.45) is 5.92 Å². The second kappa shape index (κ2) is 12.0. The van der Waals surface area contributed by atoms with E-state index in [-0.39, 0.29) is 0 Å². The number of rotatable bonds is 12. The zero-order valence-corrected chi connectivity index (χ0v) is 13.5. The molecule has 2 nitrogen and oxygen atoms in total. The molecular weight excluding hydrogens is 220 g/mol. The maximum Gasteiger partial charge on any atom is 0.0220 e. The van der Waals surface area contributed by atoms with Gasteiger partial charge in [-0.15, -0.1) is 0 Å². The highest BCUT2D eigenvalue weighted by atomic mass is 15.2. The largest absolute Gasteiger partial charge is 0.315 e. The minimum atomic E-state index is 0.729. The molecule has 18 heavy (non-hydrogen) atoms. The van der Waals surface area contributed by atoms with Gasteiger partial charge in [0.2, 0.25) is 0 Å². The van der Waals surface area contributed by atoms with Crippen molar-refractivity contribution < 1.29 is 0 Å². The number of nitrogens with one attached hydrogen (secondary N) is 1. The van der Waals surface area contributed by atoms with Gasteiger partial charge in [-0.3, -0.25) is 4.90 Å². The summed E-state index contributed by atoms with van der Waals surface area (Å²) in [5.41, 5.74) is 0. The van der Waals surface area contributed by atoms with Crippen LogP contribution in [0.2, 0.25) is 0 Å². The highest BCUT2D eigenvalue weighted by molar-refractivity contribution is 4.75. The van der Waals surface area contributed by atoms with E-state index in [9.17, 15) is 0 Å². The fourth-order valence-corrected chi connectivity index (χ4v) is 2.61. The average Bonchev–Trinajstić information content (AvgIpc) is 2.40. The van der Waals surface area contributed by atoms with Gasteiger partial charge in [-0.25, -0.2) is 0 Å². The Bertz CT molecular complexity index is 166. The molecule has 0 radical (unpaired) electrons. The van der Waals surface area contributed by atoms with Gasteiger partial charge >= 0.3 is 0 Å². The first-order valence-corrected chi connectivity index (χ1v) is 8.17. The topological polar surface area (TPSA) is 15.3 Å². The SMILES string of the molecule is CCCNCC(CCC)N(CC)CC(CC)CC. The van der Waals surface area contributed by atoms with Gasteiger partial charge in [-0.1, -0.05) is 53.9 Å². The molecule has 0 aliphatic carbocycles. The van der Waals surface area contributed by atoms with Crippen molar-refractivity contribution in [2.75, 3.05) is 26.2 Å². The molecule has 1 unspecified atom stereocenters. The van der Waals surface area contributed by atoms with Gasteiger partial charge in [0, 0.05) is 19.1 Å². The second-order valence-electron chi connectivity index (χ2n) is 5.42. The molecule has 0 saturated carbocycles. The van der Waals surface area contributed by atoms with Gasteiger partial charge in [0.25, 0.3) is 0 Å². The zero-order chi connectivity index (χ0) is 13.8. The summed E-state index contributed by atoms with van der Waals surface area (Å²) >= 11 is 0. The van der Waals surface area contributed by atoms with Crippen LogP contribution in [0.25, 0.3) is 0 Å². The third kappa shape index (κ3) is 7.38. The highest BCUT2D eigenvalue weighted by Crippen LogP contribution is 2.14. The van der Waals surface area contributed by atoms with Gasteiger partial charge < -0.3 is 5.32 Å². The minimum Gasteiger partial charge on any atom is -0.315 e. The van der Waals surface area contributed by atoms with Crippen molar-refractivity contribution in [2.45, 2.75) is 72.8 Å². The van der Waals surface area contributed by atoms with Crippen LogP contribution in [0.4, 0.5) is 0 Å². The van der Waals surface area contributed by atoms with Gasteiger partial charge in [-0.2, -0.15) is 0 Å². The molecule has 2 heteroatoms. The van der Waals surface area contributed by atoms with E-state index in [4.69, 9.17) is 0 Å². The average molecular weight is 256 g/mol. The highest BCUT2D eigenvalue weighted by Gasteiger charge is 2.18. The predicted octanol–water partition coefficient (Wildman–Crippen LogP) is 3.91. The maximum atomic E-state index is 3.60. The predicted molar refractivity (Wildman–Crippen MR) is 83.2 cm³/mol. The van der Waals surface area contributed by atoms with Gasteiger partial charge in [-0.05, 0) is 31.8 Å². The quantitative estimate of drug-likeness (QED) is 0.533. The Morgan fingerprint density at radius 1 is 0.944 bits per heavy atom. The van der Waals surface area contributed by atoms with E-state index >= 15 is 0 Å². The Balaban J connectivity index is 4.30. The lowest BCUT2D eigenvalue weighted by Gasteiger charge is -2.33. The minimum absolute atomic E-state index is 0.729. The Morgan fingerprint density at radius 3 is 2.06 bits per heavy atom. The molecule has 0 amide bonds.